The van der Waals surface area contributed by atoms with Crippen molar-refractivity contribution in [2.24, 2.45) is 0 Å². The van der Waals surface area contributed by atoms with Gasteiger partial charge < -0.3 is 4.74 Å². The topological polar surface area (TPSA) is 81.7 Å². The fourth-order valence-corrected chi connectivity index (χ4v) is 1.28. The average Bonchev–Trinajstić information content (AvgIpc) is 1.99. The molecule has 10 heteroatoms. The molecule has 0 aromatic heterocycles. The van der Waals surface area contributed by atoms with Crippen molar-refractivity contribution in [3.05, 3.63) is 0 Å². The molecule has 6 nitrogen and oxygen atoms in total. The van der Waals surface area contributed by atoms with Crippen molar-refractivity contribution in [3.63, 3.8) is 0 Å². The minimum Gasteiger partial charge on any atom is -0.465 e. The number of nitrogens with one attached hydrogen (secondary N) is 1. The van der Waals surface area contributed by atoms with Gasteiger partial charge in [0, 0.05) is 0 Å². The van der Waals surface area contributed by atoms with Crippen LogP contribution in [0.5, 0.6) is 0 Å². The van der Waals surface area contributed by atoms with Gasteiger partial charge in [0.05, 0.1) is 6.61 Å². The molecule has 0 rings (SSSR count). The van der Waals surface area contributed by atoms with Gasteiger partial charge in [-0.05, 0) is 6.92 Å². The van der Waals surface area contributed by atoms with Crippen molar-refractivity contribution in [3.8, 4) is 0 Å². The van der Waals surface area contributed by atoms with E-state index in [-0.39, 0.29) is 6.61 Å². The second-order valence-corrected chi connectivity index (χ2v) is 4.24. The average molecular weight is 265 g/mol. The van der Waals surface area contributed by atoms with Crippen LogP contribution in [-0.2, 0) is 24.4 Å². The number of carbonyl (C=O) groups is 1. The quantitative estimate of drug-likeness (QED) is 0.538. The molecule has 0 aliphatic rings. The second-order valence-electron chi connectivity index (χ2n) is 2.55. The Morgan fingerprint density at radius 1 is 1.38 bits per heavy atom. The van der Waals surface area contributed by atoms with Crippen molar-refractivity contribution in [1.82, 2.24) is 4.89 Å². The summed E-state index contributed by atoms with van der Waals surface area (Å²) in [5, 5.41) is 0. The Labute approximate surface area is 89.7 Å². The standard InChI is InChI=1S/C6H10F3NO5S/c1-2-14-5(11)3-16(12,13)10-15-4-6(7,8)9/h10H,2-4H2,1H3. The van der Waals surface area contributed by atoms with Crippen LogP contribution in [0.15, 0.2) is 0 Å². The molecule has 0 aliphatic carbocycles. The van der Waals surface area contributed by atoms with E-state index in [1.807, 2.05) is 0 Å². The first-order valence-electron chi connectivity index (χ1n) is 4.00. The monoisotopic (exact) mass is 265 g/mol. The van der Waals surface area contributed by atoms with Gasteiger partial charge in [0.2, 0.25) is 10.0 Å². The minimum absolute atomic E-state index is 0.0300. The van der Waals surface area contributed by atoms with E-state index in [1.54, 1.807) is 0 Å². The molecule has 0 unspecified atom stereocenters. The van der Waals surface area contributed by atoms with Gasteiger partial charge in [-0.1, -0.05) is 4.89 Å². The van der Waals surface area contributed by atoms with E-state index in [0.717, 1.165) is 4.89 Å². The zero-order chi connectivity index (χ0) is 12.8. The maximum absolute atomic E-state index is 11.6. The molecular weight excluding hydrogens is 255 g/mol. The summed E-state index contributed by atoms with van der Waals surface area (Å²) in [4.78, 5) is 15.5. The number of hydrogen-bond donors (Lipinski definition) is 1. The summed E-state index contributed by atoms with van der Waals surface area (Å²) >= 11 is 0. The Kier molecular flexibility index (Phi) is 5.68. The normalized spacial score (nSPS) is 12.5. The Morgan fingerprint density at radius 2 is 1.94 bits per heavy atom. The smallest absolute Gasteiger partial charge is 0.413 e. The molecule has 1 N–H and O–H groups in total. The van der Waals surface area contributed by atoms with Gasteiger partial charge in [0.1, 0.15) is 0 Å². The van der Waals surface area contributed by atoms with Crippen molar-refractivity contribution < 1.29 is 36.0 Å². The summed E-state index contributed by atoms with van der Waals surface area (Å²) in [5.74, 6) is -2.18. The number of esters is 1. The third-order valence-electron chi connectivity index (χ3n) is 1.03. The fraction of sp³-hybridized carbons (Fsp3) is 0.833. The van der Waals surface area contributed by atoms with Gasteiger partial charge in [-0.3, -0.25) is 9.63 Å². The molecule has 0 amide bonds. The number of rotatable bonds is 6. The molecule has 0 radical (unpaired) electrons. The molecule has 0 saturated heterocycles. The van der Waals surface area contributed by atoms with E-state index >= 15 is 0 Å². The zero-order valence-electron chi connectivity index (χ0n) is 8.20. The molecule has 16 heavy (non-hydrogen) atoms. The summed E-state index contributed by atoms with van der Waals surface area (Å²) in [7, 11) is -4.27. The molecular formula is C6H10F3NO5S. The Hall–Kier alpha value is -0.870. The highest BCUT2D eigenvalue weighted by atomic mass is 32.2. The molecule has 0 fully saturated rings. The summed E-state index contributed by atoms with van der Waals surface area (Å²) < 4.78 is 60.8. The summed E-state index contributed by atoms with van der Waals surface area (Å²) in [5.41, 5.74) is 0. The van der Waals surface area contributed by atoms with Gasteiger partial charge in [-0.15, -0.1) is 0 Å². The lowest BCUT2D eigenvalue weighted by Crippen LogP contribution is -2.34. The lowest BCUT2D eigenvalue weighted by atomic mass is 10.7. The van der Waals surface area contributed by atoms with Crippen LogP contribution in [-0.4, -0.2) is 39.5 Å². The van der Waals surface area contributed by atoms with Crippen LogP contribution in [0.1, 0.15) is 6.92 Å². The predicted molar refractivity (Wildman–Crippen MR) is 45.6 cm³/mol. The van der Waals surface area contributed by atoms with Crippen LogP contribution >= 0.6 is 0 Å². The van der Waals surface area contributed by atoms with Crippen LogP contribution in [0.2, 0.25) is 0 Å². The second kappa shape index (κ2) is 6.01. The Bertz CT molecular complexity index is 326. The lowest BCUT2D eigenvalue weighted by molar-refractivity contribution is -0.181. The molecule has 96 valence electrons. The van der Waals surface area contributed by atoms with Crippen LogP contribution < -0.4 is 4.89 Å². The number of alkyl halides is 3. The molecule has 0 atom stereocenters. The molecule has 0 spiro atoms. The highest BCUT2D eigenvalue weighted by Crippen LogP contribution is 2.13. The maximum Gasteiger partial charge on any atom is 0.413 e. The van der Waals surface area contributed by atoms with E-state index < -0.39 is 34.5 Å². The molecule has 0 heterocycles. The molecule has 0 aliphatic heterocycles. The first kappa shape index (κ1) is 15.1. The molecule has 0 aromatic rings. The first-order chi connectivity index (χ1) is 7.16. The van der Waals surface area contributed by atoms with E-state index in [2.05, 4.69) is 9.57 Å². The number of hydrogen-bond acceptors (Lipinski definition) is 5. The van der Waals surface area contributed by atoms with Gasteiger partial charge in [-0.25, -0.2) is 8.42 Å². The van der Waals surface area contributed by atoms with Crippen LogP contribution in [0, 0.1) is 0 Å². The van der Waals surface area contributed by atoms with Crippen molar-refractivity contribution in [2.45, 2.75) is 13.1 Å². The van der Waals surface area contributed by atoms with Gasteiger partial charge in [0.25, 0.3) is 0 Å². The number of halogens is 3. The van der Waals surface area contributed by atoms with Crippen LogP contribution in [0.3, 0.4) is 0 Å². The SMILES string of the molecule is CCOC(=O)CS(=O)(=O)NOCC(F)(F)F. The largest absolute Gasteiger partial charge is 0.465 e. The highest BCUT2D eigenvalue weighted by molar-refractivity contribution is 7.90. The lowest BCUT2D eigenvalue weighted by Gasteiger charge is -2.08. The Balaban J connectivity index is 4.02. The number of carbonyl (C=O) groups excluding carboxylic acids is 1. The van der Waals surface area contributed by atoms with Crippen molar-refractivity contribution >= 4 is 16.0 Å². The van der Waals surface area contributed by atoms with Crippen molar-refractivity contribution in [1.29, 1.82) is 0 Å². The van der Waals surface area contributed by atoms with E-state index in [1.165, 1.54) is 6.92 Å². The number of sulfonamides is 1. The minimum atomic E-state index is -4.66. The summed E-state index contributed by atoms with van der Waals surface area (Å²) in [6, 6.07) is 0. The van der Waals surface area contributed by atoms with Crippen LogP contribution in [0.25, 0.3) is 0 Å². The first-order valence-corrected chi connectivity index (χ1v) is 5.65. The van der Waals surface area contributed by atoms with Gasteiger partial charge in [0.15, 0.2) is 12.4 Å². The van der Waals surface area contributed by atoms with E-state index in [9.17, 15) is 26.4 Å². The maximum atomic E-state index is 11.6. The predicted octanol–water partition coefficient (Wildman–Crippen LogP) is -0.0372. The Morgan fingerprint density at radius 3 is 2.38 bits per heavy atom. The molecule has 0 saturated carbocycles. The van der Waals surface area contributed by atoms with E-state index in [0.29, 0.717) is 0 Å². The third kappa shape index (κ3) is 8.44. The van der Waals surface area contributed by atoms with Crippen LogP contribution in [0.4, 0.5) is 13.2 Å². The van der Waals surface area contributed by atoms with E-state index in [4.69, 9.17) is 0 Å². The van der Waals surface area contributed by atoms with Gasteiger partial charge in [-0.2, -0.15) is 13.2 Å². The third-order valence-corrected chi connectivity index (χ3v) is 2.02. The summed E-state index contributed by atoms with van der Waals surface area (Å²) in [6.07, 6.45) is -4.66. The summed E-state index contributed by atoms with van der Waals surface area (Å²) in [6.45, 7) is -0.356. The highest BCUT2D eigenvalue weighted by Gasteiger charge is 2.29. The number of ether oxygens (including phenoxy) is 1. The molecule has 0 aromatic carbocycles. The molecule has 0 bridgehead atoms. The zero-order valence-corrected chi connectivity index (χ0v) is 9.02. The van der Waals surface area contributed by atoms with Crippen molar-refractivity contribution in [2.75, 3.05) is 19.0 Å². The van der Waals surface area contributed by atoms with Gasteiger partial charge >= 0.3 is 12.1 Å². The fourth-order valence-electron chi connectivity index (χ4n) is 0.588.